The third kappa shape index (κ3) is 4.51. The standard InChI is InChI=1S/C15H11ClF4N2O2/c16-9-7-8(17)1-4-12(9)24-6-5-21-15(23)22-11-3-2-10(18)13(19)14(11)20/h1-4,7H,5-6H2,(H2,21,22,23). The lowest BCUT2D eigenvalue weighted by Crippen LogP contribution is -2.32. The van der Waals surface area contributed by atoms with E-state index in [0.717, 1.165) is 18.2 Å². The van der Waals surface area contributed by atoms with E-state index in [1.54, 1.807) is 0 Å². The van der Waals surface area contributed by atoms with Crippen molar-refractivity contribution in [3.8, 4) is 5.75 Å². The minimum Gasteiger partial charge on any atom is -0.490 e. The monoisotopic (exact) mass is 362 g/mol. The minimum absolute atomic E-state index is 0.000959. The molecule has 0 radical (unpaired) electrons. The number of benzene rings is 2. The summed E-state index contributed by atoms with van der Waals surface area (Å²) >= 11 is 5.75. The number of hydrogen-bond donors (Lipinski definition) is 2. The van der Waals surface area contributed by atoms with E-state index in [9.17, 15) is 22.4 Å². The molecule has 0 atom stereocenters. The Labute approximate surface area is 139 Å². The fourth-order valence-corrected chi connectivity index (χ4v) is 1.93. The summed E-state index contributed by atoms with van der Waals surface area (Å²) < 4.78 is 57.2. The van der Waals surface area contributed by atoms with E-state index in [1.807, 2.05) is 5.32 Å². The van der Waals surface area contributed by atoms with Gasteiger partial charge in [-0.05, 0) is 30.3 Å². The van der Waals surface area contributed by atoms with Crippen molar-refractivity contribution in [2.75, 3.05) is 18.5 Å². The molecule has 0 saturated heterocycles. The number of carbonyl (C=O) groups is 1. The zero-order valence-electron chi connectivity index (χ0n) is 12.0. The molecule has 0 unspecified atom stereocenters. The molecule has 0 fully saturated rings. The number of nitrogens with one attached hydrogen (secondary N) is 2. The molecule has 2 aromatic rings. The molecule has 2 rings (SSSR count). The first-order chi connectivity index (χ1) is 11.4. The summed E-state index contributed by atoms with van der Waals surface area (Å²) in [7, 11) is 0. The van der Waals surface area contributed by atoms with Crippen LogP contribution in [-0.4, -0.2) is 19.2 Å². The van der Waals surface area contributed by atoms with Crippen molar-refractivity contribution in [2.24, 2.45) is 0 Å². The van der Waals surface area contributed by atoms with Gasteiger partial charge in [0, 0.05) is 0 Å². The topological polar surface area (TPSA) is 50.4 Å². The van der Waals surface area contributed by atoms with Crippen molar-refractivity contribution in [2.45, 2.75) is 0 Å². The lowest BCUT2D eigenvalue weighted by molar-refractivity contribution is 0.247. The van der Waals surface area contributed by atoms with Crippen LogP contribution in [0, 0.1) is 23.3 Å². The van der Waals surface area contributed by atoms with Crippen molar-refractivity contribution in [3.63, 3.8) is 0 Å². The van der Waals surface area contributed by atoms with Gasteiger partial charge in [0.15, 0.2) is 17.5 Å². The molecule has 0 aliphatic heterocycles. The minimum atomic E-state index is -1.68. The molecule has 24 heavy (non-hydrogen) atoms. The lowest BCUT2D eigenvalue weighted by Gasteiger charge is -2.10. The zero-order valence-corrected chi connectivity index (χ0v) is 12.8. The lowest BCUT2D eigenvalue weighted by atomic mass is 10.3. The maximum absolute atomic E-state index is 13.4. The molecule has 2 amide bonds. The molecule has 4 nitrogen and oxygen atoms in total. The summed E-state index contributed by atoms with van der Waals surface area (Å²) in [6.45, 7) is 0.00384. The summed E-state index contributed by atoms with van der Waals surface area (Å²) in [6, 6.07) is 4.30. The maximum Gasteiger partial charge on any atom is 0.319 e. The highest BCUT2D eigenvalue weighted by molar-refractivity contribution is 6.32. The van der Waals surface area contributed by atoms with Gasteiger partial charge in [-0.2, -0.15) is 0 Å². The Kier molecular flexibility index (Phi) is 5.86. The quantitative estimate of drug-likeness (QED) is 0.478. The van der Waals surface area contributed by atoms with Gasteiger partial charge in [-0.3, -0.25) is 0 Å². The van der Waals surface area contributed by atoms with Crippen molar-refractivity contribution in [3.05, 3.63) is 58.6 Å². The first-order valence-corrected chi connectivity index (χ1v) is 7.02. The second-order valence-corrected chi connectivity index (χ2v) is 4.93. The summed E-state index contributed by atoms with van der Waals surface area (Å²) in [5, 5.41) is 4.42. The molecule has 9 heteroatoms. The normalized spacial score (nSPS) is 10.4. The second kappa shape index (κ2) is 7.87. The Bertz CT molecular complexity index is 758. The van der Waals surface area contributed by atoms with Gasteiger partial charge in [0.1, 0.15) is 18.2 Å². The van der Waals surface area contributed by atoms with Gasteiger partial charge in [0.2, 0.25) is 0 Å². The van der Waals surface area contributed by atoms with Crippen LogP contribution in [0.3, 0.4) is 0 Å². The number of anilines is 1. The van der Waals surface area contributed by atoms with Crippen molar-refractivity contribution in [1.82, 2.24) is 5.32 Å². The summed E-state index contributed by atoms with van der Waals surface area (Å²) in [5.74, 6) is -4.82. The van der Waals surface area contributed by atoms with Crippen LogP contribution in [-0.2, 0) is 0 Å². The average Bonchev–Trinajstić information content (AvgIpc) is 2.54. The maximum atomic E-state index is 13.4. The Hall–Kier alpha value is -2.48. The third-order valence-corrected chi connectivity index (χ3v) is 3.12. The van der Waals surface area contributed by atoms with Crippen LogP contribution < -0.4 is 15.4 Å². The smallest absolute Gasteiger partial charge is 0.319 e. The van der Waals surface area contributed by atoms with Crippen molar-refractivity contribution < 1.29 is 27.1 Å². The van der Waals surface area contributed by atoms with E-state index in [-0.39, 0.29) is 23.9 Å². The molecule has 0 aliphatic rings. The Balaban J connectivity index is 1.80. The van der Waals surface area contributed by atoms with Crippen LogP contribution in [0.15, 0.2) is 30.3 Å². The highest BCUT2D eigenvalue weighted by atomic mass is 35.5. The molecule has 0 heterocycles. The van der Waals surface area contributed by atoms with Gasteiger partial charge in [-0.25, -0.2) is 22.4 Å². The van der Waals surface area contributed by atoms with Gasteiger partial charge in [0.05, 0.1) is 17.3 Å². The number of rotatable bonds is 5. The molecule has 2 N–H and O–H groups in total. The van der Waals surface area contributed by atoms with Gasteiger partial charge in [0.25, 0.3) is 0 Å². The van der Waals surface area contributed by atoms with Crippen LogP contribution in [0.4, 0.5) is 28.0 Å². The van der Waals surface area contributed by atoms with E-state index >= 15 is 0 Å². The fraction of sp³-hybridized carbons (Fsp3) is 0.133. The molecule has 128 valence electrons. The molecule has 2 aromatic carbocycles. The SMILES string of the molecule is O=C(NCCOc1ccc(F)cc1Cl)Nc1ccc(F)c(F)c1F. The molecule has 0 saturated carbocycles. The first-order valence-electron chi connectivity index (χ1n) is 6.64. The van der Waals surface area contributed by atoms with Crippen LogP contribution in [0.25, 0.3) is 0 Å². The van der Waals surface area contributed by atoms with Crippen LogP contribution >= 0.6 is 11.6 Å². The van der Waals surface area contributed by atoms with Gasteiger partial charge < -0.3 is 15.4 Å². The van der Waals surface area contributed by atoms with Crippen molar-refractivity contribution in [1.29, 1.82) is 0 Å². The summed E-state index contributed by atoms with van der Waals surface area (Å²) in [4.78, 5) is 11.5. The number of urea groups is 1. The number of carbonyl (C=O) groups excluding carboxylic acids is 1. The van der Waals surface area contributed by atoms with Gasteiger partial charge in [-0.15, -0.1) is 0 Å². The number of hydrogen-bond acceptors (Lipinski definition) is 2. The van der Waals surface area contributed by atoms with Crippen LogP contribution in [0.1, 0.15) is 0 Å². The predicted molar refractivity (Wildman–Crippen MR) is 80.2 cm³/mol. The van der Waals surface area contributed by atoms with Crippen LogP contribution in [0.5, 0.6) is 5.75 Å². The van der Waals surface area contributed by atoms with E-state index in [2.05, 4.69) is 5.32 Å². The number of halogens is 5. The largest absolute Gasteiger partial charge is 0.490 e. The Morgan fingerprint density at radius 1 is 1.08 bits per heavy atom. The molecule has 0 aliphatic carbocycles. The van der Waals surface area contributed by atoms with E-state index < -0.39 is 35.0 Å². The average molecular weight is 363 g/mol. The molecular formula is C15H11ClF4N2O2. The predicted octanol–water partition coefficient (Wildman–Crippen LogP) is 4.10. The van der Waals surface area contributed by atoms with E-state index in [1.165, 1.54) is 6.07 Å². The zero-order chi connectivity index (χ0) is 17.7. The third-order valence-electron chi connectivity index (χ3n) is 2.82. The summed E-state index contributed by atoms with van der Waals surface area (Å²) in [6.07, 6.45) is 0. The Morgan fingerprint density at radius 3 is 2.54 bits per heavy atom. The molecule has 0 aromatic heterocycles. The van der Waals surface area contributed by atoms with E-state index in [0.29, 0.717) is 6.07 Å². The molecular weight excluding hydrogens is 352 g/mol. The van der Waals surface area contributed by atoms with Crippen molar-refractivity contribution >= 4 is 23.3 Å². The van der Waals surface area contributed by atoms with E-state index in [4.69, 9.17) is 16.3 Å². The fourth-order valence-electron chi connectivity index (χ4n) is 1.71. The van der Waals surface area contributed by atoms with Gasteiger partial charge in [-0.1, -0.05) is 11.6 Å². The number of amides is 2. The highest BCUT2D eigenvalue weighted by Gasteiger charge is 2.15. The number of ether oxygens (including phenoxy) is 1. The Morgan fingerprint density at radius 2 is 1.83 bits per heavy atom. The van der Waals surface area contributed by atoms with Gasteiger partial charge >= 0.3 is 6.03 Å². The summed E-state index contributed by atoms with van der Waals surface area (Å²) in [5.41, 5.74) is -0.506. The molecule has 0 bridgehead atoms. The highest BCUT2D eigenvalue weighted by Crippen LogP contribution is 2.24. The molecule has 0 spiro atoms. The first kappa shape index (κ1) is 17.9. The van der Waals surface area contributed by atoms with Crippen LogP contribution in [0.2, 0.25) is 5.02 Å². The second-order valence-electron chi connectivity index (χ2n) is 4.53.